The summed E-state index contributed by atoms with van der Waals surface area (Å²) in [4.78, 5) is 20.5. The maximum absolute atomic E-state index is 11.1. The third-order valence-corrected chi connectivity index (χ3v) is 2.74. The summed E-state index contributed by atoms with van der Waals surface area (Å²) in [6.45, 7) is 9.48. The number of nitrogens with zero attached hydrogens (tertiary/aromatic N) is 4. The molecule has 0 spiro atoms. The van der Waals surface area contributed by atoms with E-state index in [1.807, 2.05) is 32.6 Å². The Kier molecular flexibility index (Phi) is 4.45. The fourth-order valence-corrected chi connectivity index (χ4v) is 2.22. The smallest absolute Gasteiger partial charge is 0.346 e. The Balaban J connectivity index is 3.50. The standard InChI is InChI=1S/C11H17ClN4O2/c1-6(2)15(7(3)4)11-9(16(17)18)10(12)13-8(5)14-11/h6-7H,1-5H3. The number of hydrogen-bond acceptors (Lipinski definition) is 5. The molecule has 0 saturated heterocycles. The normalized spacial score (nSPS) is 11.1. The van der Waals surface area contributed by atoms with Gasteiger partial charge in [0.1, 0.15) is 5.82 Å². The topological polar surface area (TPSA) is 72.2 Å². The van der Waals surface area contributed by atoms with E-state index < -0.39 is 4.92 Å². The van der Waals surface area contributed by atoms with Crippen molar-refractivity contribution in [1.29, 1.82) is 0 Å². The van der Waals surface area contributed by atoms with E-state index in [1.54, 1.807) is 6.92 Å². The molecule has 0 aliphatic heterocycles. The van der Waals surface area contributed by atoms with Gasteiger partial charge in [-0.1, -0.05) is 11.6 Å². The lowest BCUT2D eigenvalue weighted by molar-refractivity contribution is -0.384. The van der Waals surface area contributed by atoms with Crippen molar-refractivity contribution in [2.45, 2.75) is 46.7 Å². The first-order valence-corrected chi connectivity index (χ1v) is 6.10. The Morgan fingerprint density at radius 1 is 1.22 bits per heavy atom. The molecule has 100 valence electrons. The van der Waals surface area contributed by atoms with Crippen molar-refractivity contribution in [3.8, 4) is 0 Å². The van der Waals surface area contributed by atoms with Gasteiger partial charge in [0.2, 0.25) is 11.0 Å². The first-order chi connectivity index (χ1) is 8.25. The molecule has 18 heavy (non-hydrogen) atoms. The predicted octanol–water partition coefficient (Wildman–Crippen LogP) is 2.97. The molecule has 0 atom stereocenters. The zero-order valence-corrected chi connectivity index (χ0v) is 11.9. The molecule has 0 saturated carbocycles. The molecule has 1 heterocycles. The van der Waals surface area contributed by atoms with Crippen LogP contribution in [0, 0.1) is 17.0 Å². The van der Waals surface area contributed by atoms with Crippen molar-refractivity contribution in [2.75, 3.05) is 4.90 Å². The van der Waals surface area contributed by atoms with Gasteiger partial charge in [-0.3, -0.25) is 10.1 Å². The first-order valence-electron chi connectivity index (χ1n) is 5.72. The van der Waals surface area contributed by atoms with Crippen molar-refractivity contribution >= 4 is 23.1 Å². The van der Waals surface area contributed by atoms with Crippen molar-refractivity contribution < 1.29 is 4.92 Å². The summed E-state index contributed by atoms with van der Waals surface area (Å²) in [5.41, 5.74) is -0.232. The van der Waals surface area contributed by atoms with Gasteiger partial charge in [0, 0.05) is 12.1 Å². The number of halogens is 1. The Morgan fingerprint density at radius 2 is 1.72 bits per heavy atom. The quantitative estimate of drug-likeness (QED) is 0.479. The summed E-state index contributed by atoms with van der Waals surface area (Å²) in [5, 5.41) is 11.0. The monoisotopic (exact) mass is 272 g/mol. The van der Waals surface area contributed by atoms with Crippen LogP contribution in [0.25, 0.3) is 0 Å². The Morgan fingerprint density at radius 3 is 2.11 bits per heavy atom. The molecule has 0 radical (unpaired) electrons. The Bertz CT molecular complexity index is 455. The van der Waals surface area contributed by atoms with Gasteiger partial charge < -0.3 is 4.90 Å². The summed E-state index contributed by atoms with van der Waals surface area (Å²) in [7, 11) is 0. The molecule has 0 aliphatic carbocycles. The van der Waals surface area contributed by atoms with E-state index in [-0.39, 0.29) is 28.7 Å². The van der Waals surface area contributed by atoms with Crippen molar-refractivity contribution in [3.63, 3.8) is 0 Å². The molecular formula is C11H17ClN4O2. The van der Waals surface area contributed by atoms with Crippen molar-refractivity contribution in [3.05, 3.63) is 21.1 Å². The summed E-state index contributed by atoms with van der Waals surface area (Å²) in [5.74, 6) is 0.703. The number of anilines is 1. The second kappa shape index (κ2) is 5.48. The van der Waals surface area contributed by atoms with Gasteiger partial charge in [0.25, 0.3) is 0 Å². The maximum Gasteiger partial charge on any atom is 0.348 e. The molecule has 0 bridgehead atoms. The molecule has 0 aliphatic rings. The third kappa shape index (κ3) is 2.87. The van der Waals surface area contributed by atoms with Crippen LogP contribution in [0.5, 0.6) is 0 Å². The van der Waals surface area contributed by atoms with Crippen LogP contribution in [-0.4, -0.2) is 27.0 Å². The van der Waals surface area contributed by atoms with Crippen molar-refractivity contribution in [1.82, 2.24) is 9.97 Å². The van der Waals surface area contributed by atoms with Gasteiger partial charge in [0.15, 0.2) is 0 Å². The zero-order valence-electron chi connectivity index (χ0n) is 11.1. The fraction of sp³-hybridized carbons (Fsp3) is 0.636. The highest BCUT2D eigenvalue weighted by Crippen LogP contribution is 2.34. The molecule has 1 aromatic heterocycles. The van der Waals surface area contributed by atoms with E-state index in [2.05, 4.69) is 9.97 Å². The lowest BCUT2D eigenvalue weighted by Crippen LogP contribution is -2.38. The minimum atomic E-state index is -0.533. The molecule has 0 fully saturated rings. The number of aromatic nitrogens is 2. The summed E-state index contributed by atoms with van der Waals surface area (Å²) >= 11 is 5.86. The second-order valence-corrected chi connectivity index (χ2v) is 4.94. The SMILES string of the molecule is Cc1nc(Cl)c([N+](=O)[O-])c(N(C(C)C)C(C)C)n1. The highest BCUT2D eigenvalue weighted by molar-refractivity contribution is 6.31. The van der Waals surface area contributed by atoms with Crippen LogP contribution in [0.1, 0.15) is 33.5 Å². The van der Waals surface area contributed by atoms with Crippen LogP contribution in [-0.2, 0) is 0 Å². The molecule has 6 nitrogen and oxygen atoms in total. The Hall–Kier alpha value is -1.43. The van der Waals surface area contributed by atoms with Crippen LogP contribution in [0.15, 0.2) is 0 Å². The molecule has 7 heteroatoms. The summed E-state index contributed by atoms with van der Waals surface area (Å²) < 4.78 is 0. The maximum atomic E-state index is 11.1. The Labute approximate surface area is 111 Å². The molecule has 1 rings (SSSR count). The van der Waals surface area contributed by atoms with Crippen LogP contribution in [0.2, 0.25) is 5.15 Å². The molecule has 1 aromatic rings. The van der Waals surface area contributed by atoms with E-state index in [0.29, 0.717) is 5.82 Å². The van der Waals surface area contributed by atoms with Gasteiger partial charge in [-0.2, -0.15) is 0 Å². The average Bonchev–Trinajstić information content (AvgIpc) is 2.13. The highest BCUT2D eigenvalue weighted by atomic mass is 35.5. The fourth-order valence-electron chi connectivity index (χ4n) is 1.94. The number of rotatable bonds is 4. The highest BCUT2D eigenvalue weighted by Gasteiger charge is 2.29. The van der Waals surface area contributed by atoms with E-state index in [4.69, 9.17) is 11.6 Å². The van der Waals surface area contributed by atoms with Gasteiger partial charge in [-0.25, -0.2) is 9.97 Å². The van der Waals surface area contributed by atoms with Gasteiger partial charge >= 0.3 is 5.69 Å². The predicted molar refractivity (Wildman–Crippen MR) is 71.2 cm³/mol. The van der Waals surface area contributed by atoms with Gasteiger partial charge in [0.05, 0.1) is 4.92 Å². The lowest BCUT2D eigenvalue weighted by atomic mass is 10.2. The minimum Gasteiger partial charge on any atom is -0.346 e. The molecule has 0 amide bonds. The molecule has 0 aromatic carbocycles. The van der Waals surface area contributed by atoms with E-state index in [9.17, 15) is 10.1 Å². The lowest BCUT2D eigenvalue weighted by Gasteiger charge is -2.31. The number of hydrogen-bond donors (Lipinski definition) is 0. The largest absolute Gasteiger partial charge is 0.348 e. The second-order valence-electron chi connectivity index (χ2n) is 4.59. The molecule has 0 N–H and O–H groups in total. The number of aryl methyl sites for hydroxylation is 1. The average molecular weight is 273 g/mol. The van der Waals surface area contributed by atoms with Crippen LogP contribution in [0.4, 0.5) is 11.5 Å². The number of nitro groups is 1. The third-order valence-electron chi connectivity index (χ3n) is 2.47. The van der Waals surface area contributed by atoms with Crippen LogP contribution < -0.4 is 4.90 Å². The van der Waals surface area contributed by atoms with Crippen molar-refractivity contribution in [2.24, 2.45) is 0 Å². The van der Waals surface area contributed by atoms with E-state index in [1.165, 1.54) is 0 Å². The minimum absolute atomic E-state index is 0.0778. The summed E-state index contributed by atoms with van der Waals surface area (Å²) in [6.07, 6.45) is 0. The molecule has 0 unspecified atom stereocenters. The van der Waals surface area contributed by atoms with Crippen LogP contribution >= 0.6 is 11.6 Å². The molecular weight excluding hydrogens is 256 g/mol. The van der Waals surface area contributed by atoms with Gasteiger partial charge in [-0.05, 0) is 34.6 Å². The van der Waals surface area contributed by atoms with Gasteiger partial charge in [-0.15, -0.1) is 0 Å². The van der Waals surface area contributed by atoms with Crippen LogP contribution in [0.3, 0.4) is 0 Å². The van der Waals surface area contributed by atoms with E-state index >= 15 is 0 Å². The first kappa shape index (κ1) is 14.6. The summed E-state index contributed by atoms with van der Waals surface area (Å²) in [6, 6.07) is 0.156. The zero-order chi connectivity index (χ0) is 14.0. The van der Waals surface area contributed by atoms with E-state index in [0.717, 1.165) is 0 Å².